The molecule has 0 amide bonds. The van der Waals surface area contributed by atoms with E-state index >= 15 is 0 Å². The molecule has 2 aliphatic rings. The van der Waals surface area contributed by atoms with Gasteiger partial charge in [0, 0.05) is 0 Å². The molecule has 0 aromatic rings. The summed E-state index contributed by atoms with van der Waals surface area (Å²) < 4.78 is 0. The summed E-state index contributed by atoms with van der Waals surface area (Å²) in [7, 11) is 2.27. The molecule has 0 N–H and O–H groups in total. The maximum absolute atomic E-state index is 2.50. The van der Waals surface area contributed by atoms with Gasteiger partial charge in [-0.3, -0.25) is 0 Å². The highest BCUT2D eigenvalue weighted by molar-refractivity contribution is 4.90. The van der Waals surface area contributed by atoms with Gasteiger partial charge < -0.3 is 4.90 Å². The number of rotatable bonds is 1. The van der Waals surface area contributed by atoms with Crippen molar-refractivity contribution in [3.05, 3.63) is 0 Å². The molecular weight excluding hydrogens is 182 g/mol. The Morgan fingerprint density at radius 1 is 1.00 bits per heavy atom. The summed E-state index contributed by atoms with van der Waals surface area (Å²) in [6.45, 7) is 7.48. The van der Waals surface area contributed by atoms with E-state index in [1.54, 1.807) is 0 Å². The third-order valence-electron chi connectivity index (χ3n) is 5.08. The first-order chi connectivity index (χ1) is 7.11. The molecule has 0 unspecified atom stereocenters. The van der Waals surface area contributed by atoms with Crippen molar-refractivity contribution in [3.63, 3.8) is 0 Å². The third kappa shape index (κ3) is 2.55. The van der Waals surface area contributed by atoms with Crippen LogP contribution in [0.4, 0.5) is 0 Å². The number of hydrogen-bond acceptors (Lipinski definition) is 1. The number of hydrogen-bond donors (Lipinski definition) is 0. The normalized spacial score (nSPS) is 28.8. The Labute approximate surface area is 95.2 Å². The van der Waals surface area contributed by atoms with E-state index < -0.39 is 0 Å². The maximum Gasteiger partial charge on any atom is -0.00165 e. The molecule has 0 aromatic heterocycles. The quantitative estimate of drug-likeness (QED) is 0.638. The third-order valence-corrected chi connectivity index (χ3v) is 5.08. The van der Waals surface area contributed by atoms with Crippen LogP contribution in [0.1, 0.15) is 52.4 Å². The van der Waals surface area contributed by atoms with Crippen molar-refractivity contribution in [1.29, 1.82) is 0 Å². The first-order valence-corrected chi connectivity index (χ1v) is 6.80. The minimum atomic E-state index is 0.762. The highest BCUT2D eigenvalue weighted by Gasteiger charge is 2.37. The van der Waals surface area contributed by atoms with Gasteiger partial charge in [-0.25, -0.2) is 0 Å². The topological polar surface area (TPSA) is 3.24 Å². The number of likely N-dealkylation sites (tertiary alicyclic amines) is 1. The van der Waals surface area contributed by atoms with E-state index in [4.69, 9.17) is 0 Å². The van der Waals surface area contributed by atoms with Crippen LogP contribution in [-0.4, -0.2) is 25.0 Å². The molecule has 1 saturated carbocycles. The fourth-order valence-electron chi connectivity index (χ4n) is 3.51. The van der Waals surface area contributed by atoms with Crippen molar-refractivity contribution >= 4 is 0 Å². The van der Waals surface area contributed by atoms with Crippen molar-refractivity contribution < 1.29 is 0 Å². The van der Waals surface area contributed by atoms with Crippen LogP contribution < -0.4 is 0 Å². The summed E-state index contributed by atoms with van der Waals surface area (Å²) in [5.74, 6) is 1.93. The SMILES string of the molecule is CC(C)C1CCC2(CC1)CCN(C)CC2. The fourth-order valence-corrected chi connectivity index (χ4v) is 3.51. The maximum atomic E-state index is 2.50. The van der Waals surface area contributed by atoms with Crippen molar-refractivity contribution in [2.24, 2.45) is 17.3 Å². The Morgan fingerprint density at radius 2 is 1.53 bits per heavy atom. The standard InChI is InChI=1S/C14H27N/c1-12(2)13-4-6-14(7-5-13)8-10-15(3)11-9-14/h12-13H,4-11H2,1-3H3. The first-order valence-electron chi connectivity index (χ1n) is 6.80. The molecule has 0 radical (unpaired) electrons. The van der Waals surface area contributed by atoms with Gasteiger partial charge in [0.1, 0.15) is 0 Å². The zero-order chi connectivity index (χ0) is 10.9. The van der Waals surface area contributed by atoms with E-state index in [0.29, 0.717) is 0 Å². The van der Waals surface area contributed by atoms with Gasteiger partial charge in [0.05, 0.1) is 0 Å². The van der Waals surface area contributed by atoms with Gasteiger partial charge in [-0.15, -0.1) is 0 Å². The molecule has 1 heteroatoms. The van der Waals surface area contributed by atoms with Gasteiger partial charge in [-0.05, 0) is 75.9 Å². The average molecular weight is 209 g/mol. The number of piperidine rings is 1. The molecule has 1 saturated heterocycles. The van der Waals surface area contributed by atoms with Crippen LogP contribution in [0.5, 0.6) is 0 Å². The lowest BCUT2D eigenvalue weighted by Gasteiger charge is -2.46. The molecule has 88 valence electrons. The van der Waals surface area contributed by atoms with Crippen LogP contribution in [-0.2, 0) is 0 Å². The number of nitrogens with zero attached hydrogens (tertiary/aromatic N) is 1. The Kier molecular flexibility index (Phi) is 3.39. The molecule has 0 atom stereocenters. The van der Waals surface area contributed by atoms with E-state index in [2.05, 4.69) is 25.8 Å². The first kappa shape index (κ1) is 11.4. The predicted molar refractivity (Wildman–Crippen MR) is 66.0 cm³/mol. The Bertz CT molecular complexity index is 191. The molecule has 2 rings (SSSR count). The van der Waals surface area contributed by atoms with E-state index in [1.165, 1.54) is 51.6 Å². The van der Waals surface area contributed by atoms with Gasteiger partial charge >= 0.3 is 0 Å². The zero-order valence-electron chi connectivity index (χ0n) is 10.8. The van der Waals surface area contributed by atoms with Crippen LogP contribution in [0.15, 0.2) is 0 Å². The smallest absolute Gasteiger partial charge is 0.00165 e. The van der Waals surface area contributed by atoms with E-state index in [9.17, 15) is 0 Å². The lowest BCUT2D eigenvalue weighted by atomic mass is 9.64. The Hall–Kier alpha value is -0.0400. The summed E-state index contributed by atoms with van der Waals surface area (Å²) in [6, 6.07) is 0. The summed E-state index contributed by atoms with van der Waals surface area (Å²) in [5.41, 5.74) is 0.762. The second-order valence-corrected chi connectivity index (χ2v) is 6.38. The molecule has 0 bridgehead atoms. The zero-order valence-corrected chi connectivity index (χ0v) is 10.8. The molecule has 1 aliphatic carbocycles. The fraction of sp³-hybridized carbons (Fsp3) is 1.00. The Morgan fingerprint density at radius 3 is 2.00 bits per heavy atom. The van der Waals surface area contributed by atoms with Crippen molar-refractivity contribution in [2.45, 2.75) is 52.4 Å². The molecule has 1 aliphatic heterocycles. The van der Waals surface area contributed by atoms with Crippen molar-refractivity contribution in [3.8, 4) is 0 Å². The molecule has 1 spiro atoms. The van der Waals surface area contributed by atoms with Crippen LogP contribution in [0.3, 0.4) is 0 Å². The van der Waals surface area contributed by atoms with Gasteiger partial charge in [0.2, 0.25) is 0 Å². The lowest BCUT2D eigenvalue weighted by molar-refractivity contribution is 0.0533. The molecule has 1 heterocycles. The lowest BCUT2D eigenvalue weighted by Crippen LogP contribution is -2.40. The van der Waals surface area contributed by atoms with Crippen LogP contribution >= 0.6 is 0 Å². The van der Waals surface area contributed by atoms with Gasteiger partial charge in [0.25, 0.3) is 0 Å². The van der Waals surface area contributed by atoms with Crippen molar-refractivity contribution in [1.82, 2.24) is 4.90 Å². The van der Waals surface area contributed by atoms with Gasteiger partial charge in [0.15, 0.2) is 0 Å². The molecular formula is C14H27N. The summed E-state index contributed by atoms with van der Waals surface area (Å²) >= 11 is 0. The van der Waals surface area contributed by atoms with Crippen LogP contribution in [0, 0.1) is 17.3 Å². The van der Waals surface area contributed by atoms with Crippen LogP contribution in [0.2, 0.25) is 0 Å². The highest BCUT2D eigenvalue weighted by Crippen LogP contribution is 2.47. The average Bonchev–Trinajstić information content (AvgIpc) is 2.24. The van der Waals surface area contributed by atoms with E-state index in [0.717, 1.165) is 17.3 Å². The Balaban J connectivity index is 1.86. The van der Waals surface area contributed by atoms with E-state index in [1.807, 2.05) is 0 Å². The second-order valence-electron chi connectivity index (χ2n) is 6.38. The highest BCUT2D eigenvalue weighted by atomic mass is 15.1. The minimum Gasteiger partial charge on any atom is -0.306 e. The largest absolute Gasteiger partial charge is 0.306 e. The van der Waals surface area contributed by atoms with E-state index in [-0.39, 0.29) is 0 Å². The van der Waals surface area contributed by atoms with Gasteiger partial charge in [-0.1, -0.05) is 13.8 Å². The van der Waals surface area contributed by atoms with Gasteiger partial charge in [-0.2, -0.15) is 0 Å². The molecule has 1 nitrogen and oxygen atoms in total. The molecule has 15 heavy (non-hydrogen) atoms. The second kappa shape index (κ2) is 4.45. The summed E-state index contributed by atoms with van der Waals surface area (Å²) in [6.07, 6.45) is 8.97. The summed E-state index contributed by atoms with van der Waals surface area (Å²) in [5, 5.41) is 0. The molecule has 2 fully saturated rings. The summed E-state index contributed by atoms with van der Waals surface area (Å²) in [4.78, 5) is 2.50. The van der Waals surface area contributed by atoms with Crippen molar-refractivity contribution in [2.75, 3.05) is 20.1 Å². The monoisotopic (exact) mass is 209 g/mol. The van der Waals surface area contributed by atoms with Crippen LogP contribution in [0.25, 0.3) is 0 Å². The minimum absolute atomic E-state index is 0.762. The predicted octanol–water partition coefficient (Wildman–Crippen LogP) is 3.54. The molecule has 0 aromatic carbocycles.